The van der Waals surface area contributed by atoms with E-state index in [0.29, 0.717) is 11.5 Å². The van der Waals surface area contributed by atoms with Crippen LogP contribution >= 0.6 is 0 Å². The number of nitrogens with zero attached hydrogens (tertiary/aromatic N) is 3. The second-order valence-electron chi connectivity index (χ2n) is 5.99. The van der Waals surface area contributed by atoms with E-state index in [1.807, 2.05) is 31.2 Å². The number of aromatic nitrogens is 3. The van der Waals surface area contributed by atoms with Crippen LogP contribution in [0.25, 0.3) is 11.4 Å². The van der Waals surface area contributed by atoms with Crippen molar-refractivity contribution in [2.45, 2.75) is 19.5 Å². The quantitative estimate of drug-likeness (QED) is 0.748. The van der Waals surface area contributed by atoms with Gasteiger partial charge in [-0.2, -0.15) is 10.1 Å². The summed E-state index contributed by atoms with van der Waals surface area (Å²) in [6, 6.07) is 13.8. The molecular weight excluding hydrogens is 307 g/mol. The van der Waals surface area contributed by atoms with Crippen molar-refractivity contribution in [3.05, 3.63) is 76.0 Å². The van der Waals surface area contributed by atoms with Crippen LogP contribution in [-0.2, 0) is 5.66 Å². The van der Waals surface area contributed by atoms with Crippen LogP contribution in [0, 0.1) is 12.7 Å². The first-order valence-corrected chi connectivity index (χ1v) is 7.61. The molecule has 2 heterocycles. The molecule has 0 spiro atoms. The van der Waals surface area contributed by atoms with Crippen LogP contribution in [0.2, 0.25) is 0 Å². The lowest BCUT2D eigenvalue weighted by Crippen LogP contribution is -2.46. The van der Waals surface area contributed by atoms with E-state index in [1.165, 1.54) is 12.1 Å². The highest BCUT2D eigenvalue weighted by atomic mass is 19.1. The number of para-hydroxylation sites is 1. The molecule has 0 bridgehead atoms. The average molecular weight is 322 g/mol. The molecule has 0 fully saturated rings. The van der Waals surface area contributed by atoms with Gasteiger partial charge in [0.25, 0.3) is 5.56 Å². The predicted molar refractivity (Wildman–Crippen MR) is 89.2 cm³/mol. The number of benzene rings is 2. The standard InChI is InChI=1S/C18H15FN4O/c1-11-17(24)20-16-14-5-3-4-6-15(14)21-18(2,23(16)22-11)12-7-9-13(19)10-8-12/h3-10,21H,1-2H3/t18-/m0/s1. The molecule has 0 saturated carbocycles. The fraction of sp³-hybridized carbons (Fsp3) is 0.167. The van der Waals surface area contributed by atoms with Crippen LogP contribution in [0.4, 0.5) is 10.1 Å². The van der Waals surface area contributed by atoms with E-state index in [1.54, 1.807) is 23.7 Å². The Bertz CT molecular complexity index is 997. The molecule has 0 aliphatic carbocycles. The zero-order valence-corrected chi connectivity index (χ0v) is 13.2. The molecule has 5 nitrogen and oxygen atoms in total. The fourth-order valence-electron chi connectivity index (χ4n) is 3.02. The molecule has 6 heteroatoms. The largest absolute Gasteiger partial charge is 0.357 e. The van der Waals surface area contributed by atoms with Crippen molar-refractivity contribution in [3.8, 4) is 11.4 Å². The van der Waals surface area contributed by atoms with Gasteiger partial charge in [0.2, 0.25) is 0 Å². The number of nitrogens with one attached hydrogen (secondary N) is 1. The van der Waals surface area contributed by atoms with Gasteiger partial charge in [0, 0.05) is 11.3 Å². The van der Waals surface area contributed by atoms with Gasteiger partial charge >= 0.3 is 0 Å². The summed E-state index contributed by atoms with van der Waals surface area (Å²) in [5, 5.41) is 7.90. The second kappa shape index (κ2) is 4.99. The van der Waals surface area contributed by atoms with Gasteiger partial charge in [-0.25, -0.2) is 9.07 Å². The Kier molecular flexibility index (Phi) is 3.03. The van der Waals surface area contributed by atoms with Crippen LogP contribution in [0.1, 0.15) is 18.2 Å². The zero-order valence-electron chi connectivity index (χ0n) is 13.2. The van der Waals surface area contributed by atoms with Gasteiger partial charge in [-0.1, -0.05) is 24.3 Å². The fourth-order valence-corrected chi connectivity index (χ4v) is 3.02. The summed E-state index contributed by atoms with van der Waals surface area (Å²) in [5.74, 6) is 0.188. The van der Waals surface area contributed by atoms with Crippen molar-refractivity contribution in [3.63, 3.8) is 0 Å². The molecule has 0 radical (unpaired) electrons. The van der Waals surface area contributed by atoms with Crippen molar-refractivity contribution in [1.82, 2.24) is 14.8 Å². The van der Waals surface area contributed by atoms with Gasteiger partial charge in [-0.05, 0) is 43.7 Å². The molecule has 0 amide bonds. The minimum Gasteiger partial charge on any atom is -0.357 e. The highest BCUT2D eigenvalue weighted by Gasteiger charge is 2.37. The Morgan fingerprint density at radius 2 is 1.83 bits per heavy atom. The molecule has 1 aromatic heterocycles. The van der Waals surface area contributed by atoms with Crippen molar-refractivity contribution >= 4 is 5.69 Å². The number of hydrogen-bond donors (Lipinski definition) is 1. The van der Waals surface area contributed by atoms with Crippen molar-refractivity contribution < 1.29 is 4.39 Å². The van der Waals surface area contributed by atoms with E-state index >= 15 is 0 Å². The van der Waals surface area contributed by atoms with Gasteiger partial charge in [-0.15, -0.1) is 0 Å². The SMILES string of the molecule is Cc1nn2c(nc1=O)-c1ccccc1N[C@]2(C)c1ccc(F)cc1. The summed E-state index contributed by atoms with van der Waals surface area (Å²) in [6.45, 7) is 3.56. The normalized spacial score (nSPS) is 18.5. The summed E-state index contributed by atoms with van der Waals surface area (Å²) >= 11 is 0. The molecule has 3 aromatic rings. The number of halogens is 1. The Morgan fingerprint density at radius 1 is 1.12 bits per heavy atom. The van der Waals surface area contributed by atoms with Crippen LogP contribution < -0.4 is 10.9 Å². The van der Waals surface area contributed by atoms with Gasteiger partial charge in [0.15, 0.2) is 11.5 Å². The maximum absolute atomic E-state index is 13.3. The second-order valence-corrected chi connectivity index (χ2v) is 5.99. The maximum atomic E-state index is 13.3. The first-order chi connectivity index (χ1) is 11.5. The lowest BCUT2D eigenvalue weighted by molar-refractivity contribution is 0.385. The first-order valence-electron chi connectivity index (χ1n) is 7.61. The van der Waals surface area contributed by atoms with Gasteiger partial charge in [-0.3, -0.25) is 4.79 Å². The van der Waals surface area contributed by atoms with Crippen molar-refractivity contribution in [2.75, 3.05) is 5.32 Å². The zero-order chi connectivity index (χ0) is 16.9. The minimum atomic E-state index is -0.789. The third-order valence-electron chi connectivity index (χ3n) is 4.34. The van der Waals surface area contributed by atoms with Gasteiger partial charge in [0.1, 0.15) is 11.5 Å². The maximum Gasteiger partial charge on any atom is 0.294 e. The molecule has 24 heavy (non-hydrogen) atoms. The molecule has 1 aliphatic heterocycles. The Balaban J connectivity index is 2.04. The first kappa shape index (κ1) is 14.6. The molecule has 4 rings (SSSR count). The molecule has 0 saturated heterocycles. The minimum absolute atomic E-state index is 0.305. The molecule has 2 aromatic carbocycles. The van der Waals surface area contributed by atoms with Crippen LogP contribution in [0.5, 0.6) is 0 Å². The molecule has 120 valence electrons. The summed E-state index contributed by atoms with van der Waals surface area (Å²) in [4.78, 5) is 16.3. The molecule has 1 atom stereocenters. The van der Waals surface area contributed by atoms with Crippen molar-refractivity contribution in [2.24, 2.45) is 0 Å². The van der Waals surface area contributed by atoms with E-state index < -0.39 is 5.66 Å². The predicted octanol–water partition coefficient (Wildman–Crippen LogP) is 2.90. The topological polar surface area (TPSA) is 59.8 Å². The van der Waals surface area contributed by atoms with Crippen LogP contribution in [0.3, 0.4) is 0 Å². The lowest BCUT2D eigenvalue weighted by atomic mass is 9.96. The molecule has 0 unspecified atom stereocenters. The third-order valence-corrected chi connectivity index (χ3v) is 4.34. The van der Waals surface area contributed by atoms with Crippen LogP contribution in [-0.4, -0.2) is 14.8 Å². The summed E-state index contributed by atoms with van der Waals surface area (Å²) in [6.07, 6.45) is 0. The van der Waals surface area contributed by atoms with E-state index in [-0.39, 0.29) is 11.4 Å². The third kappa shape index (κ3) is 2.03. The van der Waals surface area contributed by atoms with Crippen LogP contribution in [0.15, 0.2) is 53.3 Å². The summed E-state index contributed by atoms with van der Waals surface area (Å²) in [5.41, 5.74) is 1.65. The average Bonchev–Trinajstić information content (AvgIpc) is 2.57. The highest BCUT2D eigenvalue weighted by Crippen LogP contribution is 2.39. The monoisotopic (exact) mass is 322 g/mol. The Morgan fingerprint density at radius 3 is 2.58 bits per heavy atom. The van der Waals surface area contributed by atoms with E-state index in [4.69, 9.17) is 0 Å². The Hall–Kier alpha value is -3.02. The molecular formula is C18H15FN4O. The number of fused-ring (bicyclic) bond motifs is 3. The van der Waals surface area contributed by atoms with E-state index in [2.05, 4.69) is 15.4 Å². The molecule has 1 N–H and O–H groups in total. The Labute approximate surface area is 137 Å². The summed E-state index contributed by atoms with van der Waals surface area (Å²) < 4.78 is 15.0. The number of anilines is 1. The summed E-state index contributed by atoms with van der Waals surface area (Å²) in [7, 11) is 0. The highest BCUT2D eigenvalue weighted by molar-refractivity contribution is 5.77. The number of hydrogen-bond acceptors (Lipinski definition) is 4. The van der Waals surface area contributed by atoms with E-state index in [9.17, 15) is 9.18 Å². The number of aryl methyl sites for hydroxylation is 1. The smallest absolute Gasteiger partial charge is 0.294 e. The van der Waals surface area contributed by atoms with Gasteiger partial charge < -0.3 is 5.32 Å². The lowest BCUT2D eigenvalue weighted by Gasteiger charge is -2.39. The van der Waals surface area contributed by atoms with E-state index in [0.717, 1.165) is 16.8 Å². The van der Waals surface area contributed by atoms with Crippen molar-refractivity contribution in [1.29, 1.82) is 0 Å². The number of rotatable bonds is 1. The molecule has 1 aliphatic rings. The van der Waals surface area contributed by atoms with Gasteiger partial charge in [0.05, 0.1) is 0 Å².